The highest BCUT2D eigenvalue weighted by Crippen LogP contribution is 2.24. The first-order chi connectivity index (χ1) is 13.9. The number of benzene rings is 1. The Hall–Kier alpha value is -1.99. The largest absolute Gasteiger partial charge is 0.325 e. The van der Waals surface area contributed by atoms with E-state index in [2.05, 4.69) is 21.8 Å². The summed E-state index contributed by atoms with van der Waals surface area (Å²) in [5.74, 6) is -0.0456. The van der Waals surface area contributed by atoms with Crippen LogP contribution in [0, 0.1) is 13.8 Å². The van der Waals surface area contributed by atoms with Crippen LogP contribution in [0.1, 0.15) is 26.7 Å². The fourth-order valence-corrected chi connectivity index (χ4v) is 4.87. The van der Waals surface area contributed by atoms with E-state index in [1.165, 1.54) is 16.2 Å². The Morgan fingerprint density at radius 2 is 2.10 bits per heavy atom. The van der Waals surface area contributed by atoms with Gasteiger partial charge in [0.25, 0.3) is 0 Å². The molecule has 2 heterocycles. The molecule has 3 rings (SSSR count). The van der Waals surface area contributed by atoms with Gasteiger partial charge < -0.3 is 5.32 Å². The van der Waals surface area contributed by atoms with Gasteiger partial charge in [-0.25, -0.2) is 4.98 Å². The molecule has 1 amide bonds. The Bertz CT molecular complexity index is 996. The fourth-order valence-electron chi connectivity index (χ4n) is 2.96. The number of amides is 1. The van der Waals surface area contributed by atoms with Gasteiger partial charge in [-0.15, -0.1) is 29.3 Å². The molecule has 0 saturated carbocycles. The monoisotopic (exact) mass is 445 g/mol. The zero-order valence-corrected chi connectivity index (χ0v) is 19.0. The average molecular weight is 446 g/mol. The Morgan fingerprint density at radius 3 is 2.83 bits per heavy atom. The van der Waals surface area contributed by atoms with Gasteiger partial charge in [-0.2, -0.15) is 0 Å². The Kier molecular flexibility index (Phi) is 7.61. The third-order valence-electron chi connectivity index (χ3n) is 4.36. The van der Waals surface area contributed by atoms with E-state index in [1.54, 1.807) is 11.3 Å². The number of anilines is 1. The molecule has 0 aliphatic rings. The van der Waals surface area contributed by atoms with Crippen molar-refractivity contribution in [3.8, 4) is 0 Å². The van der Waals surface area contributed by atoms with Gasteiger partial charge in [0.05, 0.1) is 16.5 Å². The molecule has 3 aromatic rings. The van der Waals surface area contributed by atoms with Crippen molar-refractivity contribution in [2.24, 2.45) is 0 Å². The fraction of sp³-hybridized carbons (Fsp3) is 0.273. The molecule has 2 aromatic heterocycles. The zero-order valence-electron chi connectivity index (χ0n) is 16.6. The van der Waals surface area contributed by atoms with Crippen LogP contribution in [-0.4, -0.2) is 22.3 Å². The highest BCUT2D eigenvalue weighted by Gasteiger charge is 2.13. The minimum Gasteiger partial charge on any atom is -0.325 e. The second-order valence-electron chi connectivity index (χ2n) is 6.94. The topological polar surface area (TPSA) is 45.2 Å². The number of nitrogens with one attached hydrogen (secondary N) is 1. The third kappa shape index (κ3) is 6.51. The Balaban J connectivity index is 1.59. The lowest BCUT2D eigenvalue weighted by atomic mass is 10.1. The van der Waals surface area contributed by atoms with Crippen LogP contribution >= 0.6 is 34.3 Å². The molecule has 0 radical (unpaired) electrons. The lowest BCUT2D eigenvalue weighted by Crippen LogP contribution is -2.22. The van der Waals surface area contributed by atoms with Crippen LogP contribution in [0.3, 0.4) is 0 Å². The quantitative estimate of drug-likeness (QED) is 0.420. The number of nitrogens with zero attached hydrogens (tertiary/aromatic N) is 2. The molecule has 0 saturated heterocycles. The minimum atomic E-state index is -0.0456. The standard InChI is InChI=1S/C22H24ClN3OS2/c1-4-9-26(13-18-7-8-20(23)29-18)12-17-14-28-22(24-17)11-21(27)25-19-10-15(2)5-6-16(19)3/h4-8,10,14H,1,9,11-13H2,2-3H3,(H,25,27). The van der Waals surface area contributed by atoms with Crippen molar-refractivity contribution < 1.29 is 4.79 Å². The molecule has 1 N–H and O–H groups in total. The molecule has 0 spiro atoms. The molecule has 152 valence electrons. The summed E-state index contributed by atoms with van der Waals surface area (Å²) < 4.78 is 0.796. The number of aromatic nitrogens is 1. The summed E-state index contributed by atoms with van der Waals surface area (Å²) in [6, 6.07) is 10.0. The molecule has 0 aliphatic heterocycles. The second-order valence-corrected chi connectivity index (χ2v) is 9.68. The van der Waals surface area contributed by atoms with Gasteiger partial charge >= 0.3 is 0 Å². The summed E-state index contributed by atoms with van der Waals surface area (Å²) in [4.78, 5) is 20.6. The first-order valence-electron chi connectivity index (χ1n) is 9.31. The highest BCUT2D eigenvalue weighted by atomic mass is 35.5. The molecule has 4 nitrogen and oxygen atoms in total. The summed E-state index contributed by atoms with van der Waals surface area (Å²) >= 11 is 9.15. The molecule has 0 fully saturated rings. The molecule has 0 atom stereocenters. The van der Waals surface area contributed by atoms with Crippen molar-refractivity contribution in [1.82, 2.24) is 9.88 Å². The summed E-state index contributed by atoms with van der Waals surface area (Å²) in [7, 11) is 0. The molecule has 0 unspecified atom stereocenters. The van der Waals surface area contributed by atoms with E-state index >= 15 is 0 Å². The highest BCUT2D eigenvalue weighted by molar-refractivity contribution is 7.16. The van der Waals surface area contributed by atoms with E-state index in [4.69, 9.17) is 11.6 Å². The summed E-state index contributed by atoms with van der Waals surface area (Å²) in [5.41, 5.74) is 4.00. The molecule has 0 aliphatic carbocycles. The number of carbonyl (C=O) groups excluding carboxylic acids is 1. The minimum absolute atomic E-state index is 0.0456. The second kappa shape index (κ2) is 10.2. The van der Waals surface area contributed by atoms with Crippen molar-refractivity contribution >= 4 is 45.9 Å². The summed E-state index contributed by atoms with van der Waals surface area (Å²) in [6.45, 7) is 10.1. The van der Waals surface area contributed by atoms with E-state index in [1.807, 2.05) is 55.6 Å². The molecular weight excluding hydrogens is 422 g/mol. The summed E-state index contributed by atoms with van der Waals surface area (Å²) in [6.07, 6.45) is 2.17. The first kappa shape index (κ1) is 21.7. The van der Waals surface area contributed by atoms with Gasteiger partial charge in [-0.1, -0.05) is 29.8 Å². The number of aryl methyl sites for hydroxylation is 2. The van der Waals surface area contributed by atoms with E-state index < -0.39 is 0 Å². The maximum atomic E-state index is 12.4. The lowest BCUT2D eigenvalue weighted by molar-refractivity contribution is -0.115. The number of thiophene rings is 1. The third-order valence-corrected chi connectivity index (χ3v) is 6.47. The molecule has 29 heavy (non-hydrogen) atoms. The smallest absolute Gasteiger partial charge is 0.231 e. The Labute approximate surface area is 184 Å². The Morgan fingerprint density at radius 1 is 1.28 bits per heavy atom. The van der Waals surface area contributed by atoms with Crippen LogP contribution in [0.5, 0.6) is 0 Å². The van der Waals surface area contributed by atoms with Crippen molar-refractivity contribution in [2.45, 2.75) is 33.4 Å². The van der Waals surface area contributed by atoms with Gasteiger partial charge in [0.1, 0.15) is 5.01 Å². The maximum Gasteiger partial charge on any atom is 0.231 e. The van der Waals surface area contributed by atoms with E-state index in [0.29, 0.717) is 6.54 Å². The number of hydrogen-bond donors (Lipinski definition) is 1. The summed E-state index contributed by atoms with van der Waals surface area (Å²) in [5, 5.41) is 5.84. The van der Waals surface area contributed by atoms with Gasteiger partial charge in [-0.3, -0.25) is 9.69 Å². The van der Waals surface area contributed by atoms with Crippen molar-refractivity contribution in [3.05, 3.63) is 79.4 Å². The molecule has 1 aromatic carbocycles. The SMILES string of the molecule is C=CCN(Cc1csc(CC(=O)Nc2cc(C)ccc2C)n1)Cc1ccc(Cl)s1. The molecule has 7 heteroatoms. The van der Waals surface area contributed by atoms with Gasteiger partial charge in [0.2, 0.25) is 5.91 Å². The average Bonchev–Trinajstić information content (AvgIpc) is 3.27. The zero-order chi connectivity index (χ0) is 20.8. The number of hydrogen-bond acceptors (Lipinski definition) is 5. The number of rotatable bonds is 9. The van der Waals surface area contributed by atoms with E-state index in [-0.39, 0.29) is 12.3 Å². The van der Waals surface area contributed by atoms with Crippen LogP contribution in [0.15, 0.2) is 48.4 Å². The lowest BCUT2D eigenvalue weighted by Gasteiger charge is -2.18. The van der Waals surface area contributed by atoms with Crippen LogP contribution < -0.4 is 5.32 Å². The van der Waals surface area contributed by atoms with Crippen molar-refractivity contribution in [3.63, 3.8) is 0 Å². The predicted octanol–water partition coefficient (Wildman–Crippen LogP) is 5.84. The van der Waals surface area contributed by atoms with Crippen LogP contribution in [-0.2, 0) is 24.3 Å². The van der Waals surface area contributed by atoms with Crippen molar-refractivity contribution in [2.75, 3.05) is 11.9 Å². The maximum absolute atomic E-state index is 12.4. The van der Waals surface area contributed by atoms with Crippen LogP contribution in [0.2, 0.25) is 4.34 Å². The normalized spacial score (nSPS) is 11.0. The van der Waals surface area contributed by atoms with E-state index in [0.717, 1.165) is 44.9 Å². The van der Waals surface area contributed by atoms with Crippen LogP contribution in [0.25, 0.3) is 0 Å². The molecular formula is C22H24ClN3OS2. The number of halogens is 1. The predicted molar refractivity (Wildman–Crippen MR) is 124 cm³/mol. The van der Waals surface area contributed by atoms with E-state index in [9.17, 15) is 4.79 Å². The van der Waals surface area contributed by atoms with Crippen molar-refractivity contribution in [1.29, 1.82) is 0 Å². The van der Waals surface area contributed by atoms with Gasteiger partial charge in [0, 0.05) is 35.6 Å². The van der Waals surface area contributed by atoms with Gasteiger partial charge in [0.15, 0.2) is 0 Å². The number of carbonyl (C=O) groups is 1. The van der Waals surface area contributed by atoms with Gasteiger partial charge in [-0.05, 0) is 43.2 Å². The number of thiazole rings is 1. The molecule has 0 bridgehead atoms. The van der Waals surface area contributed by atoms with Crippen LogP contribution in [0.4, 0.5) is 5.69 Å². The first-order valence-corrected chi connectivity index (χ1v) is 11.4.